The number of esters is 1. The van der Waals surface area contributed by atoms with E-state index in [1.165, 1.54) is 22.7 Å². The molecule has 2 aliphatic heterocycles. The van der Waals surface area contributed by atoms with Gasteiger partial charge in [0.2, 0.25) is 0 Å². The molecule has 3 nitrogen and oxygen atoms in total. The number of hydrogen-bond donors (Lipinski definition) is 0. The van der Waals surface area contributed by atoms with Crippen LogP contribution in [0.15, 0.2) is 24.3 Å². The van der Waals surface area contributed by atoms with Crippen molar-refractivity contribution in [1.82, 2.24) is 4.90 Å². The fourth-order valence-corrected chi connectivity index (χ4v) is 4.57. The van der Waals surface area contributed by atoms with E-state index in [1.54, 1.807) is 0 Å². The van der Waals surface area contributed by atoms with Gasteiger partial charge in [0, 0.05) is 21.6 Å². The molecule has 0 spiro atoms. The van der Waals surface area contributed by atoms with Crippen molar-refractivity contribution in [2.45, 2.75) is 37.3 Å². The first-order chi connectivity index (χ1) is 9.61. The van der Waals surface area contributed by atoms with Crippen molar-refractivity contribution in [3.05, 3.63) is 33.4 Å². The van der Waals surface area contributed by atoms with Gasteiger partial charge in [-0.1, -0.05) is 12.1 Å². The normalized spacial score (nSPS) is 33.1. The SMILES string of the molecule is COC(=O)[C@@H]1C2CCC(C[C@@H]1c1cccc(I)c1)N2C. The summed E-state index contributed by atoms with van der Waals surface area (Å²) in [6, 6.07) is 9.51. The van der Waals surface area contributed by atoms with Gasteiger partial charge in [-0.2, -0.15) is 0 Å². The predicted octanol–water partition coefficient (Wildman–Crippen LogP) is 3.03. The highest BCUT2D eigenvalue weighted by atomic mass is 127. The Hall–Kier alpha value is -0.620. The van der Waals surface area contributed by atoms with Crippen LogP contribution in [0.3, 0.4) is 0 Å². The average molecular weight is 385 g/mol. The number of piperidine rings is 1. The van der Waals surface area contributed by atoms with Crippen LogP contribution < -0.4 is 0 Å². The number of methoxy groups -OCH3 is 1. The highest BCUT2D eigenvalue weighted by Gasteiger charge is 2.49. The third kappa shape index (κ3) is 2.37. The van der Waals surface area contributed by atoms with Gasteiger partial charge in [-0.05, 0) is 66.6 Å². The van der Waals surface area contributed by atoms with Crippen LogP contribution in [0, 0.1) is 9.49 Å². The third-order valence-corrected chi connectivity index (χ3v) is 5.69. The van der Waals surface area contributed by atoms with Crippen LogP contribution in [0.4, 0.5) is 0 Å². The summed E-state index contributed by atoms with van der Waals surface area (Å²) in [6.07, 6.45) is 3.38. The standard InChI is InChI=1S/C16H20INO2/c1-18-12-6-7-14(18)15(16(19)20-2)13(9-12)10-4-3-5-11(17)8-10/h3-5,8,12-15H,6-7,9H2,1-2H3/t12?,13-,14?,15+/m1/s1. The van der Waals surface area contributed by atoms with Crippen molar-refractivity contribution in [2.24, 2.45) is 5.92 Å². The highest BCUT2D eigenvalue weighted by molar-refractivity contribution is 14.1. The number of nitrogens with zero attached hydrogens (tertiary/aromatic N) is 1. The number of halogens is 1. The molecule has 1 aromatic rings. The Morgan fingerprint density at radius 1 is 1.40 bits per heavy atom. The Morgan fingerprint density at radius 2 is 2.20 bits per heavy atom. The summed E-state index contributed by atoms with van der Waals surface area (Å²) in [5, 5.41) is 0. The van der Waals surface area contributed by atoms with E-state index in [-0.39, 0.29) is 11.9 Å². The second-order valence-electron chi connectivity index (χ2n) is 5.91. The van der Waals surface area contributed by atoms with Crippen LogP contribution >= 0.6 is 22.6 Å². The molecule has 0 aromatic heterocycles. The minimum Gasteiger partial charge on any atom is -0.469 e. The van der Waals surface area contributed by atoms with Gasteiger partial charge in [0.25, 0.3) is 0 Å². The smallest absolute Gasteiger partial charge is 0.310 e. The molecular weight excluding hydrogens is 365 g/mol. The molecule has 3 rings (SSSR count). The molecule has 2 heterocycles. The van der Waals surface area contributed by atoms with E-state index in [0.29, 0.717) is 18.0 Å². The molecule has 4 atom stereocenters. The molecular formula is C16H20INO2. The number of carbonyl (C=O) groups is 1. The Morgan fingerprint density at radius 3 is 2.90 bits per heavy atom. The molecule has 1 aromatic carbocycles. The van der Waals surface area contributed by atoms with Gasteiger partial charge in [-0.25, -0.2) is 0 Å². The second kappa shape index (κ2) is 5.64. The van der Waals surface area contributed by atoms with E-state index in [4.69, 9.17) is 4.74 Å². The van der Waals surface area contributed by atoms with Crippen molar-refractivity contribution >= 4 is 28.6 Å². The fourth-order valence-electron chi connectivity index (χ4n) is 4.00. The Kier molecular flexibility index (Phi) is 4.04. The van der Waals surface area contributed by atoms with Crippen molar-refractivity contribution in [1.29, 1.82) is 0 Å². The zero-order valence-corrected chi connectivity index (χ0v) is 14.0. The maximum absolute atomic E-state index is 12.3. The zero-order valence-electron chi connectivity index (χ0n) is 11.9. The molecule has 0 aliphatic carbocycles. The van der Waals surface area contributed by atoms with E-state index in [2.05, 4.69) is 58.8 Å². The lowest BCUT2D eigenvalue weighted by molar-refractivity contribution is -0.150. The number of rotatable bonds is 2. The first-order valence-electron chi connectivity index (χ1n) is 7.17. The quantitative estimate of drug-likeness (QED) is 0.579. The lowest BCUT2D eigenvalue weighted by Gasteiger charge is -2.41. The van der Waals surface area contributed by atoms with Crippen molar-refractivity contribution in [2.75, 3.05) is 14.2 Å². The summed E-state index contributed by atoms with van der Waals surface area (Å²) in [5.74, 6) is 0.221. The van der Waals surface area contributed by atoms with Gasteiger partial charge in [0.05, 0.1) is 13.0 Å². The molecule has 2 bridgehead atoms. The van der Waals surface area contributed by atoms with Crippen molar-refractivity contribution in [3.63, 3.8) is 0 Å². The van der Waals surface area contributed by atoms with Crippen molar-refractivity contribution < 1.29 is 9.53 Å². The van der Waals surface area contributed by atoms with Crippen molar-refractivity contribution in [3.8, 4) is 0 Å². The largest absolute Gasteiger partial charge is 0.469 e. The van der Waals surface area contributed by atoms with Crippen LogP contribution in [0.5, 0.6) is 0 Å². The van der Waals surface area contributed by atoms with Gasteiger partial charge >= 0.3 is 5.97 Å². The topological polar surface area (TPSA) is 29.5 Å². The van der Waals surface area contributed by atoms with Crippen LogP contribution in [-0.2, 0) is 9.53 Å². The molecule has 2 fully saturated rings. The molecule has 2 unspecified atom stereocenters. The number of benzene rings is 1. The van der Waals surface area contributed by atoms with Crippen LogP contribution in [0.1, 0.15) is 30.7 Å². The van der Waals surface area contributed by atoms with Gasteiger partial charge in [0.1, 0.15) is 0 Å². The summed E-state index contributed by atoms with van der Waals surface area (Å²) in [5.41, 5.74) is 1.29. The molecule has 2 aliphatic rings. The Bertz CT molecular complexity index is 519. The highest BCUT2D eigenvalue weighted by Crippen LogP contribution is 2.46. The van der Waals surface area contributed by atoms with Crippen LogP contribution in [0.2, 0.25) is 0 Å². The number of hydrogen-bond acceptors (Lipinski definition) is 3. The fraction of sp³-hybridized carbons (Fsp3) is 0.562. The monoisotopic (exact) mass is 385 g/mol. The Balaban J connectivity index is 1.97. The summed E-state index contributed by atoms with van der Waals surface area (Å²) in [6.45, 7) is 0. The van der Waals surface area contributed by atoms with Crippen LogP contribution in [0.25, 0.3) is 0 Å². The van der Waals surface area contributed by atoms with Crippen LogP contribution in [-0.4, -0.2) is 37.1 Å². The summed E-state index contributed by atoms with van der Waals surface area (Å²) in [4.78, 5) is 14.7. The molecule has 0 N–H and O–H groups in total. The molecule has 4 heteroatoms. The summed E-state index contributed by atoms with van der Waals surface area (Å²) < 4.78 is 6.33. The second-order valence-corrected chi connectivity index (χ2v) is 7.16. The molecule has 0 saturated carbocycles. The molecule has 20 heavy (non-hydrogen) atoms. The zero-order chi connectivity index (χ0) is 14.3. The minimum atomic E-state index is -0.0499. The van der Waals surface area contributed by atoms with E-state index in [0.717, 1.165) is 12.8 Å². The lowest BCUT2D eigenvalue weighted by atomic mass is 9.76. The van der Waals surface area contributed by atoms with E-state index in [1.807, 2.05) is 0 Å². The molecule has 2 saturated heterocycles. The molecule has 108 valence electrons. The van der Waals surface area contributed by atoms with Gasteiger partial charge < -0.3 is 4.74 Å². The third-order valence-electron chi connectivity index (χ3n) is 5.02. The molecule has 0 radical (unpaired) electrons. The van der Waals surface area contributed by atoms with Gasteiger partial charge in [-0.3, -0.25) is 9.69 Å². The van der Waals surface area contributed by atoms with E-state index < -0.39 is 0 Å². The average Bonchev–Trinajstić information content (AvgIpc) is 2.69. The van der Waals surface area contributed by atoms with Gasteiger partial charge in [-0.15, -0.1) is 0 Å². The minimum absolute atomic E-state index is 0.0260. The number of ether oxygens (including phenoxy) is 1. The first-order valence-corrected chi connectivity index (χ1v) is 8.25. The number of carbonyl (C=O) groups excluding carboxylic acids is 1. The Labute approximate surface area is 133 Å². The summed E-state index contributed by atoms with van der Waals surface area (Å²) >= 11 is 2.34. The first kappa shape index (κ1) is 14.3. The predicted molar refractivity (Wildman–Crippen MR) is 86.6 cm³/mol. The maximum atomic E-state index is 12.3. The summed E-state index contributed by atoms with van der Waals surface area (Å²) in [7, 11) is 3.67. The van der Waals surface area contributed by atoms with E-state index in [9.17, 15) is 4.79 Å². The number of fused-ring (bicyclic) bond motifs is 2. The van der Waals surface area contributed by atoms with Gasteiger partial charge in [0.15, 0.2) is 0 Å². The maximum Gasteiger partial charge on any atom is 0.310 e. The molecule has 0 amide bonds. The van der Waals surface area contributed by atoms with E-state index >= 15 is 0 Å². The lowest BCUT2D eigenvalue weighted by Crippen LogP contribution is -2.49.